The van der Waals surface area contributed by atoms with Gasteiger partial charge in [-0.05, 0) is 67.6 Å². The van der Waals surface area contributed by atoms with Crippen molar-refractivity contribution in [1.82, 2.24) is 15.0 Å². The molecule has 5 rings (SSSR count). The lowest BCUT2D eigenvalue weighted by Crippen LogP contribution is -2.22. The Labute approximate surface area is 216 Å². The standard InChI is InChI=1S/C25H21N5O5S2/c1-16(36-25-28-22(19-6-4-14-34-19)23(29-25)20-7-5-15-35-20)24(31)27-17-9-11-18(12-10-17)37(32,33)30-21-8-2-3-13-26-21/h2-16H,1H3,(H,26,30)(H,27,31)(H,28,29). The Morgan fingerprint density at radius 1 is 0.973 bits per heavy atom. The van der Waals surface area contributed by atoms with Crippen LogP contribution in [-0.4, -0.2) is 34.5 Å². The summed E-state index contributed by atoms with van der Waals surface area (Å²) in [6.45, 7) is 1.75. The Balaban J connectivity index is 1.26. The molecule has 4 heterocycles. The molecule has 0 saturated carbocycles. The number of benzene rings is 1. The number of carbonyl (C=O) groups is 1. The van der Waals surface area contributed by atoms with Crippen molar-refractivity contribution in [2.24, 2.45) is 0 Å². The molecule has 10 nitrogen and oxygen atoms in total. The number of pyridine rings is 1. The second-order valence-corrected chi connectivity index (χ2v) is 10.8. The fraction of sp³-hybridized carbons (Fsp3) is 0.0800. The molecule has 0 fully saturated rings. The number of H-pyrrole nitrogens is 1. The Morgan fingerprint density at radius 2 is 1.70 bits per heavy atom. The number of imidazole rings is 1. The minimum Gasteiger partial charge on any atom is -0.463 e. The molecule has 1 atom stereocenters. The summed E-state index contributed by atoms with van der Waals surface area (Å²) >= 11 is 1.23. The zero-order valence-electron chi connectivity index (χ0n) is 19.4. The number of thioether (sulfide) groups is 1. The van der Waals surface area contributed by atoms with Crippen LogP contribution in [-0.2, 0) is 14.8 Å². The number of nitrogens with one attached hydrogen (secondary N) is 3. The van der Waals surface area contributed by atoms with E-state index in [1.165, 1.54) is 42.2 Å². The summed E-state index contributed by atoms with van der Waals surface area (Å²) in [5, 5.41) is 2.80. The molecule has 0 spiro atoms. The van der Waals surface area contributed by atoms with E-state index in [2.05, 4.69) is 25.0 Å². The summed E-state index contributed by atoms with van der Waals surface area (Å²) in [6, 6.07) is 17.9. The van der Waals surface area contributed by atoms with E-state index in [-0.39, 0.29) is 16.6 Å². The number of amides is 1. The highest BCUT2D eigenvalue weighted by Gasteiger charge is 2.22. The fourth-order valence-corrected chi connectivity index (χ4v) is 5.21. The summed E-state index contributed by atoms with van der Waals surface area (Å²) in [7, 11) is -3.81. The lowest BCUT2D eigenvalue weighted by molar-refractivity contribution is -0.115. The molecule has 1 amide bonds. The molecule has 12 heteroatoms. The maximum Gasteiger partial charge on any atom is 0.263 e. The molecular formula is C25H21N5O5S2. The summed E-state index contributed by atoms with van der Waals surface area (Å²) < 4.78 is 38.6. The average Bonchev–Trinajstić information content (AvgIpc) is 3.66. The fourth-order valence-electron chi connectivity index (χ4n) is 3.40. The van der Waals surface area contributed by atoms with Gasteiger partial charge in [-0.15, -0.1) is 0 Å². The molecule has 0 aliphatic rings. The first kappa shape index (κ1) is 24.4. The highest BCUT2D eigenvalue weighted by atomic mass is 32.2. The number of carbonyl (C=O) groups excluding carboxylic acids is 1. The van der Waals surface area contributed by atoms with Crippen molar-refractivity contribution in [2.45, 2.75) is 22.2 Å². The molecule has 0 aliphatic heterocycles. The van der Waals surface area contributed by atoms with Gasteiger partial charge in [-0.1, -0.05) is 17.8 Å². The predicted octanol–water partition coefficient (Wildman–Crippen LogP) is 5.24. The Kier molecular flexibility index (Phi) is 6.84. The lowest BCUT2D eigenvalue weighted by Gasteiger charge is -2.11. The van der Waals surface area contributed by atoms with Gasteiger partial charge < -0.3 is 19.1 Å². The van der Waals surface area contributed by atoms with Crippen LogP contribution in [0, 0.1) is 0 Å². The topological polar surface area (TPSA) is 143 Å². The number of rotatable bonds is 9. The van der Waals surface area contributed by atoms with Crippen molar-refractivity contribution in [3.8, 4) is 22.9 Å². The van der Waals surface area contributed by atoms with Gasteiger partial charge in [0.05, 0.1) is 22.7 Å². The molecule has 1 unspecified atom stereocenters. The molecule has 0 bridgehead atoms. The molecule has 3 N–H and O–H groups in total. The number of aromatic nitrogens is 3. The Hall–Kier alpha value is -4.29. The monoisotopic (exact) mass is 535 g/mol. The van der Waals surface area contributed by atoms with Crippen LogP contribution in [0.4, 0.5) is 11.5 Å². The van der Waals surface area contributed by atoms with Gasteiger partial charge in [-0.3, -0.25) is 9.52 Å². The molecular weight excluding hydrogens is 514 g/mol. The average molecular weight is 536 g/mol. The van der Waals surface area contributed by atoms with Crippen LogP contribution in [0.15, 0.2) is 104 Å². The Bertz CT molecular complexity index is 1530. The van der Waals surface area contributed by atoms with E-state index in [0.717, 1.165) is 0 Å². The molecule has 37 heavy (non-hydrogen) atoms. The molecule has 5 aromatic rings. The zero-order valence-corrected chi connectivity index (χ0v) is 21.0. The van der Waals surface area contributed by atoms with E-state index in [9.17, 15) is 13.2 Å². The summed E-state index contributed by atoms with van der Waals surface area (Å²) in [5.74, 6) is 1.10. The number of hydrogen-bond acceptors (Lipinski definition) is 8. The van der Waals surface area contributed by atoms with Crippen molar-refractivity contribution >= 4 is 39.2 Å². The third-order valence-electron chi connectivity index (χ3n) is 5.20. The minimum atomic E-state index is -3.81. The third-order valence-corrected chi connectivity index (χ3v) is 7.55. The van der Waals surface area contributed by atoms with Gasteiger partial charge in [0, 0.05) is 11.9 Å². The summed E-state index contributed by atoms with van der Waals surface area (Å²) in [5.41, 5.74) is 1.68. The van der Waals surface area contributed by atoms with Crippen LogP contribution < -0.4 is 10.0 Å². The second kappa shape index (κ2) is 10.4. The highest BCUT2D eigenvalue weighted by molar-refractivity contribution is 8.00. The van der Waals surface area contributed by atoms with E-state index in [1.54, 1.807) is 61.9 Å². The highest BCUT2D eigenvalue weighted by Crippen LogP contribution is 2.34. The maximum absolute atomic E-state index is 12.8. The Morgan fingerprint density at radius 3 is 2.35 bits per heavy atom. The second-order valence-electron chi connectivity index (χ2n) is 7.81. The largest absolute Gasteiger partial charge is 0.463 e. The molecule has 0 radical (unpaired) electrons. The van der Waals surface area contributed by atoms with E-state index >= 15 is 0 Å². The molecule has 4 aromatic heterocycles. The molecule has 1 aromatic carbocycles. The quantitative estimate of drug-likeness (QED) is 0.217. The van der Waals surface area contributed by atoms with Gasteiger partial charge in [0.1, 0.15) is 17.2 Å². The van der Waals surface area contributed by atoms with E-state index in [0.29, 0.717) is 33.8 Å². The van der Waals surface area contributed by atoms with Gasteiger partial charge >= 0.3 is 0 Å². The van der Waals surface area contributed by atoms with Crippen LogP contribution in [0.25, 0.3) is 22.9 Å². The SMILES string of the molecule is CC(Sc1nc(-c2ccco2)c(-c2ccco2)[nH]1)C(=O)Nc1ccc(S(=O)(=O)Nc2ccccn2)cc1. The molecule has 0 aliphatic carbocycles. The van der Waals surface area contributed by atoms with Crippen LogP contribution in [0.3, 0.4) is 0 Å². The van der Waals surface area contributed by atoms with Crippen molar-refractivity contribution in [2.75, 3.05) is 10.0 Å². The number of hydrogen-bond donors (Lipinski definition) is 3. The number of sulfonamides is 1. The summed E-state index contributed by atoms with van der Waals surface area (Å²) in [4.78, 5) is 24.7. The van der Waals surface area contributed by atoms with E-state index < -0.39 is 15.3 Å². The maximum atomic E-state index is 12.8. The predicted molar refractivity (Wildman–Crippen MR) is 139 cm³/mol. The minimum absolute atomic E-state index is 0.0464. The van der Waals surface area contributed by atoms with Gasteiger partial charge in [0.15, 0.2) is 16.7 Å². The number of furan rings is 2. The van der Waals surface area contributed by atoms with Crippen LogP contribution >= 0.6 is 11.8 Å². The first-order valence-corrected chi connectivity index (χ1v) is 13.4. The van der Waals surface area contributed by atoms with Gasteiger partial charge in [0.2, 0.25) is 5.91 Å². The normalized spacial score (nSPS) is 12.2. The number of aromatic amines is 1. The van der Waals surface area contributed by atoms with Gasteiger partial charge in [0.25, 0.3) is 10.0 Å². The van der Waals surface area contributed by atoms with Crippen LogP contribution in [0.5, 0.6) is 0 Å². The van der Waals surface area contributed by atoms with Crippen molar-refractivity contribution in [3.05, 3.63) is 85.5 Å². The van der Waals surface area contributed by atoms with Crippen molar-refractivity contribution < 1.29 is 22.0 Å². The van der Waals surface area contributed by atoms with Gasteiger partial charge in [-0.25, -0.2) is 18.4 Å². The smallest absolute Gasteiger partial charge is 0.263 e. The van der Waals surface area contributed by atoms with Crippen molar-refractivity contribution in [1.29, 1.82) is 0 Å². The number of anilines is 2. The first-order chi connectivity index (χ1) is 17.9. The van der Waals surface area contributed by atoms with Crippen LogP contribution in [0.2, 0.25) is 0 Å². The summed E-state index contributed by atoms with van der Waals surface area (Å²) in [6.07, 6.45) is 4.62. The molecule has 0 saturated heterocycles. The molecule has 188 valence electrons. The van der Waals surface area contributed by atoms with Crippen LogP contribution in [0.1, 0.15) is 6.92 Å². The van der Waals surface area contributed by atoms with E-state index in [1.807, 2.05) is 0 Å². The lowest BCUT2D eigenvalue weighted by atomic mass is 10.2. The first-order valence-electron chi connectivity index (χ1n) is 11.1. The van der Waals surface area contributed by atoms with Crippen molar-refractivity contribution in [3.63, 3.8) is 0 Å². The van der Waals surface area contributed by atoms with Gasteiger partial charge in [-0.2, -0.15) is 0 Å². The number of nitrogens with zero attached hydrogens (tertiary/aromatic N) is 2. The zero-order chi connectivity index (χ0) is 25.8. The van der Waals surface area contributed by atoms with E-state index in [4.69, 9.17) is 8.83 Å². The third kappa shape index (κ3) is 5.60.